The molecule has 4 nitrogen and oxygen atoms in total. The maximum atomic E-state index is 11.9. The van der Waals surface area contributed by atoms with Gasteiger partial charge in [0.15, 0.2) is 0 Å². The summed E-state index contributed by atoms with van der Waals surface area (Å²) in [5.41, 5.74) is 6.26. The highest BCUT2D eigenvalue weighted by Gasteiger charge is 2.22. The second kappa shape index (κ2) is 6.11. The fourth-order valence-corrected chi connectivity index (χ4v) is 2.56. The number of nitrogens with two attached hydrogens (primary N) is 1. The SMILES string of the molecule is CC(C)(C)S(=O)CC(=O)Nc1c(Cl)cc(N)cc1Cl. The molecule has 19 heavy (non-hydrogen) atoms. The van der Waals surface area contributed by atoms with Crippen LogP contribution >= 0.6 is 23.2 Å². The molecule has 1 atom stereocenters. The molecule has 0 heterocycles. The fourth-order valence-electron chi connectivity index (χ4n) is 1.22. The largest absolute Gasteiger partial charge is 0.399 e. The fraction of sp³-hybridized carbons (Fsp3) is 0.417. The highest BCUT2D eigenvalue weighted by Crippen LogP contribution is 2.32. The first-order valence-corrected chi connectivity index (χ1v) is 7.61. The summed E-state index contributed by atoms with van der Waals surface area (Å²) >= 11 is 11.9. The van der Waals surface area contributed by atoms with Crippen LogP contribution in [0.2, 0.25) is 10.0 Å². The van der Waals surface area contributed by atoms with E-state index >= 15 is 0 Å². The third kappa shape index (κ3) is 4.67. The molecule has 1 aromatic carbocycles. The van der Waals surface area contributed by atoms with Gasteiger partial charge in [0.2, 0.25) is 5.91 Å². The highest BCUT2D eigenvalue weighted by atomic mass is 35.5. The van der Waals surface area contributed by atoms with E-state index in [2.05, 4.69) is 5.32 Å². The van der Waals surface area contributed by atoms with Crippen molar-refractivity contribution >= 4 is 51.3 Å². The predicted octanol–water partition coefficient (Wildman–Crippen LogP) is 3.06. The molecule has 1 unspecified atom stereocenters. The zero-order valence-corrected chi connectivity index (χ0v) is 13.2. The van der Waals surface area contributed by atoms with E-state index in [1.807, 2.05) is 0 Å². The van der Waals surface area contributed by atoms with Crippen LogP contribution in [0.4, 0.5) is 11.4 Å². The number of carbonyl (C=O) groups excluding carboxylic acids is 1. The van der Waals surface area contributed by atoms with Crippen LogP contribution in [0, 0.1) is 0 Å². The molecule has 3 N–H and O–H groups in total. The van der Waals surface area contributed by atoms with Gasteiger partial charge in [-0.15, -0.1) is 0 Å². The molecule has 0 saturated carbocycles. The first-order valence-electron chi connectivity index (χ1n) is 5.54. The van der Waals surface area contributed by atoms with Gasteiger partial charge in [-0.05, 0) is 32.9 Å². The van der Waals surface area contributed by atoms with Gasteiger partial charge in [0.1, 0.15) is 5.75 Å². The van der Waals surface area contributed by atoms with Crippen LogP contribution in [0.3, 0.4) is 0 Å². The maximum absolute atomic E-state index is 11.9. The molecule has 0 bridgehead atoms. The minimum Gasteiger partial charge on any atom is -0.399 e. The summed E-state index contributed by atoms with van der Waals surface area (Å²) in [6.45, 7) is 5.42. The van der Waals surface area contributed by atoms with Crippen molar-refractivity contribution in [3.8, 4) is 0 Å². The molecule has 1 aromatic rings. The van der Waals surface area contributed by atoms with Crippen molar-refractivity contribution in [2.75, 3.05) is 16.8 Å². The molecule has 0 aromatic heterocycles. The average Bonchev–Trinajstić information content (AvgIpc) is 2.21. The van der Waals surface area contributed by atoms with Crippen molar-refractivity contribution in [2.45, 2.75) is 25.5 Å². The van der Waals surface area contributed by atoms with Crippen LogP contribution in [-0.2, 0) is 15.6 Å². The Morgan fingerprint density at radius 1 is 1.32 bits per heavy atom. The summed E-state index contributed by atoms with van der Waals surface area (Å²) in [7, 11) is -1.28. The number of benzene rings is 1. The van der Waals surface area contributed by atoms with Gasteiger partial charge in [-0.3, -0.25) is 9.00 Å². The number of nitrogen functional groups attached to an aromatic ring is 1. The monoisotopic (exact) mass is 322 g/mol. The van der Waals surface area contributed by atoms with E-state index in [-0.39, 0.29) is 21.5 Å². The second-order valence-electron chi connectivity index (χ2n) is 5.01. The lowest BCUT2D eigenvalue weighted by atomic mass is 10.3. The molecule has 0 aliphatic rings. The number of anilines is 2. The lowest BCUT2D eigenvalue weighted by molar-refractivity contribution is -0.113. The van der Waals surface area contributed by atoms with Crippen LogP contribution in [0.25, 0.3) is 0 Å². The van der Waals surface area contributed by atoms with Gasteiger partial charge in [-0.25, -0.2) is 0 Å². The molecule has 0 saturated heterocycles. The first kappa shape index (κ1) is 16.3. The quantitative estimate of drug-likeness (QED) is 0.840. The van der Waals surface area contributed by atoms with Gasteiger partial charge in [-0.1, -0.05) is 23.2 Å². The van der Waals surface area contributed by atoms with Crippen molar-refractivity contribution in [3.05, 3.63) is 22.2 Å². The van der Waals surface area contributed by atoms with Crippen molar-refractivity contribution in [2.24, 2.45) is 0 Å². The zero-order valence-electron chi connectivity index (χ0n) is 10.9. The summed E-state index contributed by atoms with van der Waals surface area (Å²) in [4.78, 5) is 11.8. The standard InChI is InChI=1S/C12H16Cl2N2O2S/c1-12(2,3)19(18)6-10(17)16-11-8(13)4-7(15)5-9(11)14/h4-5H,6,15H2,1-3H3,(H,16,17). The predicted molar refractivity (Wildman–Crippen MR) is 82.3 cm³/mol. The van der Waals surface area contributed by atoms with E-state index < -0.39 is 21.5 Å². The van der Waals surface area contributed by atoms with Gasteiger partial charge in [0.25, 0.3) is 0 Å². The Kier molecular flexibility index (Phi) is 5.24. The van der Waals surface area contributed by atoms with E-state index in [1.54, 1.807) is 20.8 Å². The van der Waals surface area contributed by atoms with Crippen LogP contribution < -0.4 is 11.1 Å². The summed E-state index contributed by atoms with van der Waals surface area (Å²) in [6, 6.07) is 2.98. The Bertz CT molecular complexity index is 504. The molecular weight excluding hydrogens is 307 g/mol. The Morgan fingerprint density at radius 2 is 1.79 bits per heavy atom. The van der Waals surface area contributed by atoms with Crippen LogP contribution in [0.5, 0.6) is 0 Å². The Labute approximate surface area is 125 Å². The number of carbonyl (C=O) groups is 1. The smallest absolute Gasteiger partial charge is 0.237 e. The number of amides is 1. The van der Waals surface area contributed by atoms with Gasteiger partial charge in [-0.2, -0.15) is 0 Å². The third-order valence-electron chi connectivity index (χ3n) is 2.27. The van der Waals surface area contributed by atoms with E-state index in [1.165, 1.54) is 12.1 Å². The average molecular weight is 323 g/mol. The minimum absolute atomic E-state index is 0.111. The summed E-state index contributed by atoms with van der Waals surface area (Å²) < 4.78 is 11.4. The third-order valence-corrected chi connectivity index (χ3v) is 4.76. The molecule has 0 aliphatic carbocycles. The molecule has 1 amide bonds. The van der Waals surface area contributed by atoms with E-state index in [0.717, 1.165) is 0 Å². The highest BCUT2D eigenvalue weighted by molar-refractivity contribution is 7.87. The number of hydrogen-bond donors (Lipinski definition) is 2. The normalized spacial score (nSPS) is 13.1. The number of nitrogens with one attached hydrogen (secondary N) is 1. The molecule has 0 spiro atoms. The Hall–Kier alpha value is -0.780. The number of hydrogen-bond acceptors (Lipinski definition) is 3. The summed E-state index contributed by atoms with van der Waals surface area (Å²) in [5.74, 6) is -0.512. The first-order chi connectivity index (χ1) is 8.61. The van der Waals surface area contributed by atoms with Crippen molar-refractivity contribution in [1.82, 2.24) is 0 Å². The van der Waals surface area contributed by atoms with Crippen LogP contribution in [0.1, 0.15) is 20.8 Å². The van der Waals surface area contributed by atoms with Crippen LogP contribution in [0.15, 0.2) is 12.1 Å². The van der Waals surface area contributed by atoms with Gasteiger partial charge in [0, 0.05) is 21.2 Å². The molecule has 0 aliphatic heterocycles. The van der Waals surface area contributed by atoms with E-state index in [0.29, 0.717) is 5.69 Å². The van der Waals surface area contributed by atoms with E-state index in [4.69, 9.17) is 28.9 Å². The molecule has 106 valence electrons. The minimum atomic E-state index is -1.28. The number of halogens is 2. The van der Waals surface area contributed by atoms with Gasteiger partial charge in [0.05, 0.1) is 15.7 Å². The second-order valence-corrected chi connectivity index (χ2v) is 8.03. The van der Waals surface area contributed by atoms with Crippen molar-refractivity contribution in [3.63, 3.8) is 0 Å². The van der Waals surface area contributed by atoms with Gasteiger partial charge >= 0.3 is 0 Å². The zero-order chi connectivity index (χ0) is 14.8. The summed E-state index contributed by atoms with van der Waals surface area (Å²) in [5, 5.41) is 3.06. The topological polar surface area (TPSA) is 72.2 Å². The molecule has 0 fully saturated rings. The molecule has 7 heteroatoms. The lowest BCUT2D eigenvalue weighted by Gasteiger charge is -2.17. The van der Waals surface area contributed by atoms with E-state index in [9.17, 15) is 9.00 Å². The van der Waals surface area contributed by atoms with Crippen molar-refractivity contribution in [1.29, 1.82) is 0 Å². The molecule has 0 radical (unpaired) electrons. The Balaban J connectivity index is 2.82. The molecular formula is C12H16Cl2N2O2S. The molecule has 1 rings (SSSR count). The summed E-state index contributed by atoms with van der Waals surface area (Å²) in [6.07, 6.45) is 0. The lowest BCUT2D eigenvalue weighted by Crippen LogP contribution is -2.30. The van der Waals surface area contributed by atoms with Crippen LogP contribution in [-0.4, -0.2) is 20.6 Å². The van der Waals surface area contributed by atoms with Gasteiger partial charge < -0.3 is 11.1 Å². The number of rotatable bonds is 3. The van der Waals surface area contributed by atoms with Crippen molar-refractivity contribution < 1.29 is 9.00 Å². The maximum Gasteiger partial charge on any atom is 0.237 e. The Morgan fingerprint density at radius 3 is 2.21 bits per heavy atom.